The van der Waals surface area contributed by atoms with Gasteiger partial charge in [0.25, 0.3) is 0 Å². The van der Waals surface area contributed by atoms with Crippen LogP contribution in [0.25, 0.3) is 0 Å². The predicted molar refractivity (Wildman–Crippen MR) is 46.1 cm³/mol. The van der Waals surface area contributed by atoms with E-state index in [1.807, 2.05) is 0 Å². The van der Waals surface area contributed by atoms with Crippen LogP contribution in [-0.4, -0.2) is 43.3 Å². The second-order valence-electron chi connectivity index (χ2n) is 3.02. The zero-order valence-corrected chi connectivity index (χ0v) is 7.67. The van der Waals surface area contributed by atoms with Gasteiger partial charge in [0.1, 0.15) is 6.61 Å². The Kier molecular flexibility index (Phi) is 3.34. The summed E-state index contributed by atoms with van der Waals surface area (Å²) < 4.78 is 4.80. The first kappa shape index (κ1) is 9.32. The summed E-state index contributed by atoms with van der Waals surface area (Å²) in [5.74, 6) is 0. The maximum absolute atomic E-state index is 11.0. The summed E-state index contributed by atoms with van der Waals surface area (Å²) in [6.07, 6.45) is -0.181. The van der Waals surface area contributed by atoms with Crippen LogP contribution in [0.15, 0.2) is 0 Å². The van der Waals surface area contributed by atoms with Crippen molar-refractivity contribution in [2.24, 2.45) is 0 Å². The molecule has 1 aliphatic rings. The van der Waals surface area contributed by atoms with Crippen molar-refractivity contribution >= 4 is 6.09 Å². The summed E-state index contributed by atoms with van der Waals surface area (Å²) >= 11 is 0. The number of carbonyl (C=O) groups excluding carboxylic acids is 1. The highest BCUT2D eigenvalue weighted by molar-refractivity contribution is 5.69. The molecule has 1 unspecified atom stereocenters. The fraction of sp³-hybridized carbons (Fsp3) is 0.875. The van der Waals surface area contributed by atoms with Crippen molar-refractivity contribution in [3.8, 4) is 0 Å². The number of rotatable bonds is 4. The molecule has 1 aliphatic heterocycles. The highest BCUT2D eigenvalue weighted by Gasteiger charge is 2.22. The molecular formula is C8H16N2O2. The van der Waals surface area contributed by atoms with Gasteiger partial charge < -0.3 is 15.0 Å². The number of cyclic esters (lactones) is 1. The minimum atomic E-state index is -0.181. The lowest BCUT2D eigenvalue weighted by Gasteiger charge is -2.18. The molecule has 1 N–H and O–H groups in total. The van der Waals surface area contributed by atoms with Gasteiger partial charge in [-0.15, -0.1) is 0 Å². The van der Waals surface area contributed by atoms with Crippen molar-refractivity contribution in [1.29, 1.82) is 0 Å². The van der Waals surface area contributed by atoms with Gasteiger partial charge in [0.2, 0.25) is 0 Å². The average molecular weight is 172 g/mol. The average Bonchev–Trinajstić information content (AvgIpc) is 2.37. The zero-order valence-electron chi connectivity index (χ0n) is 7.67. The molecule has 4 heteroatoms. The normalized spacial score (nSPS) is 19.5. The van der Waals surface area contributed by atoms with Gasteiger partial charge >= 0.3 is 6.09 Å². The van der Waals surface area contributed by atoms with E-state index in [0.717, 1.165) is 19.6 Å². The predicted octanol–water partition coefficient (Wildman–Crippen LogP) is 0.437. The van der Waals surface area contributed by atoms with E-state index in [0.29, 0.717) is 12.6 Å². The van der Waals surface area contributed by atoms with E-state index >= 15 is 0 Å². The lowest BCUT2D eigenvalue weighted by molar-refractivity contribution is 0.156. The lowest BCUT2D eigenvalue weighted by atomic mass is 10.3. The molecule has 0 bridgehead atoms. The number of nitrogens with zero attached hydrogens (tertiary/aromatic N) is 1. The second-order valence-corrected chi connectivity index (χ2v) is 3.02. The number of amides is 1. The van der Waals surface area contributed by atoms with E-state index in [1.165, 1.54) is 0 Å². The van der Waals surface area contributed by atoms with Gasteiger partial charge in [0, 0.05) is 12.6 Å². The Bertz CT molecular complexity index is 161. The smallest absolute Gasteiger partial charge is 0.409 e. The van der Waals surface area contributed by atoms with Crippen LogP contribution in [0.3, 0.4) is 0 Å². The molecule has 12 heavy (non-hydrogen) atoms. The third kappa shape index (κ3) is 2.37. The van der Waals surface area contributed by atoms with Gasteiger partial charge in [0.15, 0.2) is 0 Å². The molecule has 0 aromatic rings. The maximum atomic E-state index is 11.0. The fourth-order valence-corrected chi connectivity index (χ4v) is 1.34. The van der Waals surface area contributed by atoms with Crippen LogP contribution < -0.4 is 5.32 Å². The number of nitrogens with one attached hydrogen (secondary N) is 1. The highest BCUT2D eigenvalue weighted by atomic mass is 16.6. The first-order valence-corrected chi connectivity index (χ1v) is 4.39. The molecule has 0 aromatic heterocycles. The van der Waals surface area contributed by atoms with E-state index in [4.69, 9.17) is 4.74 Å². The number of hydrogen-bond acceptors (Lipinski definition) is 3. The summed E-state index contributed by atoms with van der Waals surface area (Å²) in [7, 11) is 0. The molecule has 0 aromatic carbocycles. The van der Waals surface area contributed by atoms with Crippen LogP contribution in [0.1, 0.15) is 13.8 Å². The Hall–Kier alpha value is -0.770. The first-order chi connectivity index (χ1) is 5.74. The summed E-state index contributed by atoms with van der Waals surface area (Å²) in [4.78, 5) is 12.7. The van der Waals surface area contributed by atoms with Crippen molar-refractivity contribution in [1.82, 2.24) is 10.2 Å². The minimum Gasteiger partial charge on any atom is -0.448 e. The van der Waals surface area contributed by atoms with Gasteiger partial charge in [-0.3, -0.25) is 0 Å². The first-order valence-electron chi connectivity index (χ1n) is 4.39. The Labute approximate surface area is 72.9 Å². The number of hydrogen-bond donors (Lipinski definition) is 1. The molecule has 0 radical (unpaired) electrons. The Morgan fingerprint density at radius 2 is 2.50 bits per heavy atom. The van der Waals surface area contributed by atoms with Crippen LogP contribution >= 0.6 is 0 Å². The third-order valence-electron chi connectivity index (χ3n) is 1.89. The van der Waals surface area contributed by atoms with Gasteiger partial charge in [0.05, 0.1) is 6.54 Å². The van der Waals surface area contributed by atoms with E-state index in [9.17, 15) is 4.79 Å². The molecule has 1 atom stereocenters. The molecule has 70 valence electrons. The number of carbonyl (C=O) groups is 1. The van der Waals surface area contributed by atoms with Gasteiger partial charge in [-0.1, -0.05) is 6.92 Å². The van der Waals surface area contributed by atoms with E-state index < -0.39 is 0 Å². The largest absolute Gasteiger partial charge is 0.448 e. The maximum Gasteiger partial charge on any atom is 0.409 e. The molecule has 1 heterocycles. The van der Waals surface area contributed by atoms with Crippen LogP contribution in [0.4, 0.5) is 4.79 Å². The fourth-order valence-electron chi connectivity index (χ4n) is 1.34. The molecule has 0 saturated carbocycles. The SMILES string of the molecule is CCNC(C)CN1CCOC1=O. The van der Waals surface area contributed by atoms with Gasteiger partial charge in [-0.05, 0) is 13.5 Å². The molecule has 1 rings (SSSR count). The standard InChI is InChI=1S/C8H16N2O2/c1-3-9-7(2)6-10-4-5-12-8(10)11/h7,9H,3-6H2,1-2H3. The van der Waals surface area contributed by atoms with Crippen molar-refractivity contribution in [2.45, 2.75) is 19.9 Å². The monoisotopic (exact) mass is 172 g/mol. The molecular weight excluding hydrogens is 156 g/mol. The van der Waals surface area contributed by atoms with E-state index in [1.54, 1.807) is 4.90 Å². The minimum absolute atomic E-state index is 0.181. The molecule has 4 nitrogen and oxygen atoms in total. The van der Waals surface area contributed by atoms with Crippen molar-refractivity contribution in [3.05, 3.63) is 0 Å². The molecule has 0 aliphatic carbocycles. The van der Waals surface area contributed by atoms with Crippen molar-refractivity contribution in [2.75, 3.05) is 26.2 Å². The second kappa shape index (κ2) is 4.30. The topological polar surface area (TPSA) is 41.6 Å². The summed E-state index contributed by atoms with van der Waals surface area (Å²) in [6, 6.07) is 0.348. The van der Waals surface area contributed by atoms with E-state index in [-0.39, 0.29) is 6.09 Å². The molecule has 0 spiro atoms. The van der Waals surface area contributed by atoms with Crippen LogP contribution in [0.2, 0.25) is 0 Å². The Morgan fingerprint density at radius 3 is 3.00 bits per heavy atom. The highest BCUT2D eigenvalue weighted by Crippen LogP contribution is 2.03. The quantitative estimate of drug-likeness (QED) is 0.669. The molecule has 1 amide bonds. The Balaban J connectivity index is 2.25. The number of ether oxygens (including phenoxy) is 1. The summed E-state index contributed by atoms with van der Waals surface area (Å²) in [5.41, 5.74) is 0. The number of likely N-dealkylation sites (N-methyl/N-ethyl adjacent to an activating group) is 1. The molecule has 1 fully saturated rings. The third-order valence-corrected chi connectivity index (χ3v) is 1.89. The lowest BCUT2D eigenvalue weighted by Crippen LogP contribution is -2.39. The van der Waals surface area contributed by atoms with Crippen molar-refractivity contribution in [3.63, 3.8) is 0 Å². The van der Waals surface area contributed by atoms with Gasteiger partial charge in [-0.25, -0.2) is 4.79 Å². The summed E-state index contributed by atoms with van der Waals surface area (Å²) in [5, 5.41) is 3.24. The summed E-state index contributed by atoms with van der Waals surface area (Å²) in [6.45, 7) is 7.07. The Morgan fingerprint density at radius 1 is 1.75 bits per heavy atom. The van der Waals surface area contributed by atoms with Gasteiger partial charge in [-0.2, -0.15) is 0 Å². The molecule has 1 saturated heterocycles. The van der Waals surface area contributed by atoms with Crippen LogP contribution in [-0.2, 0) is 4.74 Å². The van der Waals surface area contributed by atoms with E-state index in [2.05, 4.69) is 19.2 Å². The van der Waals surface area contributed by atoms with Crippen LogP contribution in [0, 0.1) is 0 Å². The van der Waals surface area contributed by atoms with Crippen molar-refractivity contribution < 1.29 is 9.53 Å². The van der Waals surface area contributed by atoms with Crippen LogP contribution in [0.5, 0.6) is 0 Å². The zero-order chi connectivity index (χ0) is 8.97.